The predicted octanol–water partition coefficient (Wildman–Crippen LogP) is 0.830. The summed E-state index contributed by atoms with van der Waals surface area (Å²) in [6.07, 6.45) is 7.87. The number of amides is 2. The Hall–Kier alpha value is -1.20. The van der Waals surface area contributed by atoms with Crippen LogP contribution < -0.4 is 10.6 Å². The minimum atomic E-state index is -0.118. The Kier molecular flexibility index (Phi) is 7.22. The van der Waals surface area contributed by atoms with Crippen LogP contribution in [0.15, 0.2) is 17.1 Å². The van der Waals surface area contributed by atoms with E-state index in [1.807, 2.05) is 6.92 Å². The van der Waals surface area contributed by atoms with E-state index in [9.17, 15) is 9.59 Å². The van der Waals surface area contributed by atoms with E-state index < -0.39 is 0 Å². The number of carbonyl (C=O) groups is 2. The summed E-state index contributed by atoms with van der Waals surface area (Å²) < 4.78 is 5.99. The normalized spacial score (nSPS) is 36.5. The van der Waals surface area contributed by atoms with Gasteiger partial charge in [-0.1, -0.05) is 12.2 Å². The van der Waals surface area contributed by atoms with E-state index in [1.54, 1.807) is 0 Å². The summed E-state index contributed by atoms with van der Waals surface area (Å²) in [5.41, 5.74) is 0. The van der Waals surface area contributed by atoms with E-state index in [0.29, 0.717) is 31.6 Å². The van der Waals surface area contributed by atoms with E-state index in [4.69, 9.17) is 4.74 Å². The molecule has 1 saturated carbocycles. The number of imide groups is 1. The summed E-state index contributed by atoms with van der Waals surface area (Å²) in [5, 5.41) is 6.54. The van der Waals surface area contributed by atoms with Crippen LogP contribution in [0.4, 0.5) is 0 Å². The first-order valence-corrected chi connectivity index (χ1v) is 11.6. The lowest BCUT2D eigenvalue weighted by atomic mass is 9.85. The highest BCUT2D eigenvalue weighted by atomic mass is 127. The molecule has 8 nitrogen and oxygen atoms in total. The fourth-order valence-corrected chi connectivity index (χ4v) is 6.00. The van der Waals surface area contributed by atoms with E-state index in [-0.39, 0.29) is 65.6 Å². The van der Waals surface area contributed by atoms with E-state index in [1.165, 1.54) is 24.3 Å². The Labute approximate surface area is 201 Å². The van der Waals surface area contributed by atoms with Gasteiger partial charge in [-0.2, -0.15) is 0 Å². The molecule has 172 valence electrons. The Balaban J connectivity index is 0.00000231. The summed E-state index contributed by atoms with van der Waals surface area (Å²) in [7, 11) is 0. The van der Waals surface area contributed by atoms with Crippen LogP contribution in [0.2, 0.25) is 0 Å². The number of halogens is 1. The fourth-order valence-electron chi connectivity index (χ4n) is 6.00. The maximum atomic E-state index is 12.8. The SMILES string of the molecule is CCNC(=NCC1CN2CCCC2CO1)NCCN1C(=O)C2C3C=CC(C3)C2C1=O.I. The molecular weight excluding hydrogens is 509 g/mol. The van der Waals surface area contributed by atoms with E-state index in [2.05, 4.69) is 32.7 Å². The number of nitrogens with zero attached hydrogens (tertiary/aromatic N) is 3. The molecule has 0 spiro atoms. The van der Waals surface area contributed by atoms with Gasteiger partial charge in [0.1, 0.15) is 0 Å². The van der Waals surface area contributed by atoms with Crippen molar-refractivity contribution in [2.45, 2.75) is 38.3 Å². The number of rotatable bonds is 6. The van der Waals surface area contributed by atoms with Crippen LogP contribution in [0.5, 0.6) is 0 Å². The molecule has 0 aromatic heterocycles. The molecule has 2 bridgehead atoms. The molecule has 0 aromatic carbocycles. The van der Waals surface area contributed by atoms with Gasteiger partial charge in [-0.05, 0) is 44.6 Å². The number of ether oxygens (including phenoxy) is 1. The van der Waals surface area contributed by atoms with Crippen molar-refractivity contribution >= 4 is 41.8 Å². The average Bonchev–Trinajstić information content (AvgIpc) is 3.52. The van der Waals surface area contributed by atoms with Crippen molar-refractivity contribution in [2.24, 2.45) is 28.7 Å². The van der Waals surface area contributed by atoms with E-state index in [0.717, 1.165) is 26.1 Å². The topological polar surface area (TPSA) is 86.3 Å². The van der Waals surface area contributed by atoms with Gasteiger partial charge < -0.3 is 15.4 Å². The predicted molar refractivity (Wildman–Crippen MR) is 128 cm³/mol. The Morgan fingerprint density at radius 3 is 2.65 bits per heavy atom. The van der Waals surface area contributed by atoms with Crippen LogP contribution >= 0.6 is 24.0 Å². The molecule has 9 heteroatoms. The number of hydrogen-bond acceptors (Lipinski definition) is 5. The van der Waals surface area contributed by atoms with Gasteiger partial charge >= 0.3 is 0 Å². The first kappa shape index (κ1) is 23.0. The third-order valence-electron chi connectivity index (χ3n) is 7.45. The van der Waals surface area contributed by atoms with Crippen molar-refractivity contribution in [3.05, 3.63) is 12.2 Å². The number of fused-ring (bicyclic) bond motifs is 6. The summed E-state index contributed by atoms with van der Waals surface area (Å²) >= 11 is 0. The number of carbonyl (C=O) groups excluding carboxylic acids is 2. The molecule has 3 heterocycles. The van der Waals surface area contributed by atoms with E-state index >= 15 is 0 Å². The van der Waals surface area contributed by atoms with Gasteiger partial charge in [0.25, 0.3) is 0 Å². The maximum Gasteiger partial charge on any atom is 0.233 e. The first-order chi connectivity index (χ1) is 14.7. The lowest BCUT2D eigenvalue weighted by Crippen LogP contribution is -2.48. The third kappa shape index (κ3) is 4.37. The quantitative estimate of drug-likeness (QED) is 0.170. The molecule has 3 saturated heterocycles. The summed E-state index contributed by atoms with van der Waals surface area (Å²) in [6, 6.07) is 0.594. The minimum Gasteiger partial charge on any atom is -0.373 e. The fraction of sp³-hybridized carbons (Fsp3) is 0.773. The van der Waals surface area contributed by atoms with Crippen molar-refractivity contribution in [1.29, 1.82) is 0 Å². The highest BCUT2D eigenvalue weighted by Gasteiger charge is 2.58. The standard InChI is InChI=1S/C22H33N5O3.HI/c1-2-23-22(25-11-17-12-26-8-3-4-16(26)13-30-17)24-7-9-27-20(28)18-14-5-6-15(10-14)19(18)21(27)29;/h5-6,14-19H,2-4,7-13H2,1H3,(H2,23,24,25);1H. The van der Waals surface area contributed by atoms with Gasteiger partial charge in [0, 0.05) is 32.2 Å². The zero-order valence-electron chi connectivity index (χ0n) is 18.2. The molecule has 6 atom stereocenters. The van der Waals surface area contributed by atoms with Gasteiger partial charge in [-0.25, -0.2) is 0 Å². The monoisotopic (exact) mass is 543 g/mol. The van der Waals surface area contributed by atoms with Gasteiger partial charge in [-0.3, -0.25) is 24.4 Å². The maximum absolute atomic E-state index is 12.8. The number of guanidine groups is 1. The summed E-state index contributed by atoms with van der Waals surface area (Å²) in [5.74, 6) is 1.03. The van der Waals surface area contributed by atoms with Gasteiger partial charge in [0.15, 0.2) is 5.96 Å². The molecule has 3 aliphatic heterocycles. The lowest BCUT2D eigenvalue weighted by molar-refractivity contribution is -0.140. The molecule has 0 aromatic rings. The third-order valence-corrected chi connectivity index (χ3v) is 7.45. The lowest BCUT2D eigenvalue weighted by Gasteiger charge is -2.34. The van der Waals surface area contributed by atoms with Crippen LogP contribution in [-0.4, -0.2) is 85.6 Å². The summed E-state index contributed by atoms with van der Waals surface area (Å²) in [6.45, 7) is 7.22. The van der Waals surface area contributed by atoms with Crippen LogP contribution in [-0.2, 0) is 14.3 Å². The Morgan fingerprint density at radius 1 is 1.19 bits per heavy atom. The van der Waals surface area contributed by atoms with Crippen LogP contribution in [0.1, 0.15) is 26.2 Å². The number of allylic oxidation sites excluding steroid dienone is 2. The highest BCUT2D eigenvalue weighted by molar-refractivity contribution is 14.0. The van der Waals surface area contributed by atoms with Crippen molar-refractivity contribution in [3.8, 4) is 0 Å². The highest BCUT2D eigenvalue weighted by Crippen LogP contribution is 2.52. The first-order valence-electron chi connectivity index (χ1n) is 11.6. The number of likely N-dealkylation sites (tertiary alicyclic amines) is 1. The second-order valence-corrected chi connectivity index (χ2v) is 9.22. The molecule has 31 heavy (non-hydrogen) atoms. The molecule has 0 radical (unpaired) electrons. The summed E-state index contributed by atoms with van der Waals surface area (Å²) in [4.78, 5) is 34.3. The zero-order chi connectivity index (χ0) is 20.7. The molecule has 5 rings (SSSR count). The van der Waals surface area contributed by atoms with Crippen LogP contribution in [0, 0.1) is 23.7 Å². The van der Waals surface area contributed by atoms with Gasteiger partial charge in [0.2, 0.25) is 11.8 Å². The average molecular weight is 543 g/mol. The molecule has 2 aliphatic carbocycles. The van der Waals surface area contributed by atoms with Crippen LogP contribution in [0.25, 0.3) is 0 Å². The van der Waals surface area contributed by atoms with Gasteiger partial charge in [-0.15, -0.1) is 24.0 Å². The Bertz CT molecular complexity index is 729. The van der Waals surface area contributed by atoms with Crippen molar-refractivity contribution in [3.63, 3.8) is 0 Å². The molecule has 4 fully saturated rings. The molecule has 5 aliphatic rings. The second-order valence-electron chi connectivity index (χ2n) is 9.22. The second kappa shape index (κ2) is 9.74. The zero-order valence-corrected chi connectivity index (χ0v) is 20.5. The molecular formula is C22H34IN5O3. The molecule has 6 unspecified atom stereocenters. The Morgan fingerprint density at radius 2 is 1.94 bits per heavy atom. The molecule has 2 amide bonds. The minimum absolute atomic E-state index is 0. The number of aliphatic imine (C=N–C) groups is 1. The van der Waals surface area contributed by atoms with Gasteiger partial charge in [0.05, 0.1) is 31.1 Å². The molecule has 2 N–H and O–H groups in total. The van der Waals surface area contributed by atoms with Crippen molar-refractivity contribution in [1.82, 2.24) is 20.4 Å². The number of nitrogens with one attached hydrogen (secondary N) is 2. The van der Waals surface area contributed by atoms with Crippen molar-refractivity contribution in [2.75, 3.05) is 45.9 Å². The van der Waals surface area contributed by atoms with Crippen LogP contribution in [0.3, 0.4) is 0 Å². The van der Waals surface area contributed by atoms with Crippen molar-refractivity contribution < 1.29 is 14.3 Å². The smallest absolute Gasteiger partial charge is 0.233 e. The number of hydrogen-bond donors (Lipinski definition) is 2. The largest absolute Gasteiger partial charge is 0.373 e. The number of morpholine rings is 1.